The lowest BCUT2D eigenvalue weighted by atomic mass is 10.0. The number of esters is 1. The summed E-state index contributed by atoms with van der Waals surface area (Å²) in [7, 11) is 1.44. The minimum absolute atomic E-state index is 0.107. The van der Waals surface area contributed by atoms with Crippen LogP contribution in [0.25, 0.3) is 6.08 Å². The van der Waals surface area contributed by atoms with Gasteiger partial charge in [0.1, 0.15) is 0 Å². The maximum Gasteiger partial charge on any atom is 0.340 e. The van der Waals surface area contributed by atoms with Crippen molar-refractivity contribution in [2.24, 2.45) is 0 Å². The van der Waals surface area contributed by atoms with Gasteiger partial charge in [-0.3, -0.25) is 9.69 Å². The van der Waals surface area contributed by atoms with E-state index >= 15 is 0 Å². The minimum atomic E-state index is -0.583. The largest absolute Gasteiger partial charge is 0.504 e. The van der Waals surface area contributed by atoms with Gasteiger partial charge in [0.25, 0.3) is 5.91 Å². The van der Waals surface area contributed by atoms with Crippen LogP contribution in [0.3, 0.4) is 0 Å². The first kappa shape index (κ1) is 19.2. The molecule has 0 bridgehead atoms. The number of carbonyl (C=O) groups is 2. The molecule has 28 heavy (non-hydrogen) atoms. The molecule has 0 saturated heterocycles. The maximum absolute atomic E-state index is 13.2. The number of phenolic OH excluding ortho intramolecular Hbond substituents is 1. The van der Waals surface area contributed by atoms with E-state index in [0.717, 1.165) is 0 Å². The quantitative estimate of drug-likeness (QED) is 0.634. The van der Waals surface area contributed by atoms with Crippen LogP contribution in [0, 0.1) is 0 Å². The molecule has 0 unspecified atom stereocenters. The Morgan fingerprint density at radius 2 is 1.86 bits per heavy atom. The van der Waals surface area contributed by atoms with Crippen molar-refractivity contribution in [3.63, 3.8) is 0 Å². The number of para-hydroxylation sites is 2. The zero-order valence-electron chi connectivity index (χ0n) is 15.9. The average Bonchev–Trinajstić information content (AvgIpc) is 2.94. The molecule has 6 nitrogen and oxygen atoms in total. The molecule has 0 radical (unpaired) electrons. The molecule has 1 aliphatic heterocycles. The normalized spacial score (nSPS) is 15.3. The lowest BCUT2D eigenvalue weighted by Crippen LogP contribution is -2.24. The van der Waals surface area contributed by atoms with Crippen molar-refractivity contribution in [1.82, 2.24) is 0 Å². The highest BCUT2D eigenvalue weighted by Crippen LogP contribution is 2.38. The second-order valence-electron chi connectivity index (χ2n) is 6.11. The fraction of sp³-hybridized carbons (Fsp3) is 0.182. The lowest BCUT2D eigenvalue weighted by molar-refractivity contribution is -0.138. The number of ether oxygens (including phenoxy) is 2. The van der Waals surface area contributed by atoms with Crippen LogP contribution in [-0.2, 0) is 14.3 Å². The average molecular weight is 379 g/mol. The van der Waals surface area contributed by atoms with Gasteiger partial charge in [-0.25, -0.2) is 4.79 Å². The number of carbonyl (C=O) groups excluding carboxylic acids is 2. The molecule has 2 aromatic carbocycles. The van der Waals surface area contributed by atoms with Crippen molar-refractivity contribution < 1.29 is 24.2 Å². The van der Waals surface area contributed by atoms with Crippen LogP contribution in [0.2, 0.25) is 0 Å². The highest BCUT2D eigenvalue weighted by molar-refractivity contribution is 6.24. The summed E-state index contributed by atoms with van der Waals surface area (Å²) >= 11 is 0. The smallest absolute Gasteiger partial charge is 0.340 e. The topological polar surface area (TPSA) is 76.1 Å². The maximum atomic E-state index is 13.2. The molecule has 0 fully saturated rings. The summed E-state index contributed by atoms with van der Waals surface area (Å²) in [6.45, 7) is 3.59. The summed E-state index contributed by atoms with van der Waals surface area (Å²) in [6.07, 6.45) is 1.48. The second-order valence-corrected chi connectivity index (χ2v) is 6.11. The van der Waals surface area contributed by atoms with E-state index in [-0.39, 0.29) is 35.2 Å². The van der Waals surface area contributed by atoms with Crippen molar-refractivity contribution in [3.05, 3.63) is 70.9 Å². The summed E-state index contributed by atoms with van der Waals surface area (Å²) < 4.78 is 10.3. The first-order valence-electron chi connectivity index (χ1n) is 8.85. The third kappa shape index (κ3) is 3.36. The van der Waals surface area contributed by atoms with Crippen LogP contribution >= 0.6 is 0 Å². The van der Waals surface area contributed by atoms with Crippen LogP contribution in [0.1, 0.15) is 19.4 Å². The summed E-state index contributed by atoms with van der Waals surface area (Å²) in [6, 6.07) is 14.0. The molecule has 1 aliphatic rings. The van der Waals surface area contributed by atoms with E-state index in [9.17, 15) is 14.7 Å². The van der Waals surface area contributed by atoms with Crippen molar-refractivity contribution in [3.8, 4) is 11.5 Å². The summed E-state index contributed by atoms with van der Waals surface area (Å²) in [5, 5.41) is 10.4. The van der Waals surface area contributed by atoms with Crippen LogP contribution in [-0.4, -0.2) is 30.7 Å². The van der Waals surface area contributed by atoms with E-state index < -0.39 is 5.97 Å². The number of rotatable bonds is 5. The SMILES string of the molecule is CCOC(=O)C1=C(C)N(c2ccccc2)C(=O)/C1=C\c1cccc(OC)c1O. The zero-order chi connectivity index (χ0) is 20.3. The zero-order valence-corrected chi connectivity index (χ0v) is 15.9. The Bertz CT molecular complexity index is 976. The van der Waals surface area contributed by atoms with Gasteiger partial charge in [-0.2, -0.15) is 0 Å². The molecule has 6 heteroatoms. The van der Waals surface area contributed by atoms with E-state index in [0.29, 0.717) is 16.9 Å². The number of aromatic hydroxyl groups is 1. The van der Waals surface area contributed by atoms with Crippen LogP contribution in [0.15, 0.2) is 65.4 Å². The number of hydrogen-bond donors (Lipinski definition) is 1. The monoisotopic (exact) mass is 379 g/mol. The Kier molecular flexibility index (Phi) is 5.49. The van der Waals surface area contributed by atoms with Crippen molar-refractivity contribution in [1.29, 1.82) is 0 Å². The predicted octanol–water partition coefficient (Wildman–Crippen LogP) is 3.67. The Balaban J connectivity index is 2.16. The Hall–Kier alpha value is -3.54. The lowest BCUT2D eigenvalue weighted by Gasteiger charge is -2.17. The number of allylic oxidation sites excluding steroid dienone is 1. The van der Waals surface area contributed by atoms with E-state index in [1.165, 1.54) is 18.1 Å². The summed E-state index contributed by atoms with van der Waals surface area (Å²) in [5.41, 5.74) is 1.82. The van der Waals surface area contributed by atoms with Crippen molar-refractivity contribution in [2.45, 2.75) is 13.8 Å². The number of phenols is 1. The Morgan fingerprint density at radius 3 is 2.50 bits per heavy atom. The molecule has 0 saturated carbocycles. The highest BCUT2D eigenvalue weighted by atomic mass is 16.5. The molecule has 1 N–H and O–H groups in total. The predicted molar refractivity (Wildman–Crippen MR) is 106 cm³/mol. The number of anilines is 1. The number of methoxy groups -OCH3 is 1. The van der Waals surface area contributed by atoms with Gasteiger partial charge >= 0.3 is 5.97 Å². The molecular formula is C22H21NO5. The number of benzene rings is 2. The standard InChI is InChI=1S/C22H21NO5/c1-4-28-22(26)19-14(2)23(16-10-6-5-7-11-16)21(25)17(19)13-15-9-8-12-18(27-3)20(15)24/h5-13,24H,4H2,1-3H3/b17-13-. The Morgan fingerprint density at radius 1 is 1.14 bits per heavy atom. The molecule has 2 aromatic rings. The molecule has 1 amide bonds. The van der Waals surface area contributed by atoms with Gasteiger partial charge in [0.2, 0.25) is 0 Å². The van der Waals surface area contributed by atoms with Gasteiger partial charge in [-0.05, 0) is 38.1 Å². The van der Waals surface area contributed by atoms with E-state index in [2.05, 4.69) is 0 Å². The third-order valence-electron chi connectivity index (χ3n) is 4.44. The minimum Gasteiger partial charge on any atom is -0.504 e. The van der Waals surface area contributed by atoms with Crippen molar-refractivity contribution in [2.75, 3.05) is 18.6 Å². The first-order valence-corrected chi connectivity index (χ1v) is 8.85. The molecule has 0 aromatic heterocycles. The van der Waals surface area contributed by atoms with Gasteiger partial charge in [0.05, 0.1) is 24.9 Å². The van der Waals surface area contributed by atoms with E-state index in [1.807, 2.05) is 18.2 Å². The van der Waals surface area contributed by atoms with Crippen LogP contribution in [0.5, 0.6) is 11.5 Å². The van der Waals surface area contributed by atoms with Gasteiger partial charge in [-0.15, -0.1) is 0 Å². The third-order valence-corrected chi connectivity index (χ3v) is 4.44. The number of amides is 1. The molecule has 144 valence electrons. The van der Waals surface area contributed by atoms with Crippen LogP contribution in [0.4, 0.5) is 5.69 Å². The van der Waals surface area contributed by atoms with Gasteiger partial charge < -0.3 is 14.6 Å². The summed E-state index contributed by atoms with van der Waals surface area (Å²) in [4.78, 5) is 27.3. The second kappa shape index (κ2) is 8.00. The Labute approximate surface area is 163 Å². The number of hydrogen-bond acceptors (Lipinski definition) is 5. The van der Waals surface area contributed by atoms with Gasteiger partial charge in [0.15, 0.2) is 11.5 Å². The fourth-order valence-corrected chi connectivity index (χ4v) is 3.15. The highest BCUT2D eigenvalue weighted by Gasteiger charge is 2.38. The van der Waals surface area contributed by atoms with Crippen LogP contribution < -0.4 is 9.64 Å². The molecule has 0 spiro atoms. The van der Waals surface area contributed by atoms with Gasteiger partial charge in [0, 0.05) is 16.9 Å². The fourth-order valence-electron chi connectivity index (χ4n) is 3.15. The van der Waals surface area contributed by atoms with E-state index in [4.69, 9.17) is 9.47 Å². The molecule has 3 rings (SSSR count). The first-order chi connectivity index (χ1) is 13.5. The molecule has 0 aliphatic carbocycles. The molecular weight excluding hydrogens is 358 g/mol. The van der Waals surface area contributed by atoms with Gasteiger partial charge in [-0.1, -0.05) is 30.3 Å². The molecule has 0 atom stereocenters. The molecule has 1 heterocycles. The number of nitrogens with zero attached hydrogens (tertiary/aromatic N) is 1. The summed E-state index contributed by atoms with van der Waals surface area (Å²) in [5.74, 6) is -0.781. The van der Waals surface area contributed by atoms with E-state index in [1.54, 1.807) is 44.2 Å². The van der Waals surface area contributed by atoms with Crippen molar-refractivity contribution >= 4 is 23.6 Å².